The van der Waals surface area contributed by atoms with Crippen molar-refractivity contribution in [2.75, 3.05) is 23.8 Å². The van der Waals surface area contributed by atoms with Gasteiger partial charge < -0.3 is 4.90 Å². The summed E-state index contributed by atoms with van der Waals surface area (Å²) >= 11 is 1.57. The van der Waals surface area contributed by atoms with Crippen molar-refractivity contribution in [2.24, 2.45) is 0 Å². The standard InChI is InChI=1S/C19H27NO3S2/c1-2-3-10-20(17-9-11-25(22,23)14-17)19(21)13-24-18-8-7-15-5-4-6-16(15)12-18/h7-8,12,17H,2-6,9-11,13-14H2,1H3. The van der Waals surface area contributed by atoms with Gasteiger partial charge >= 0.3 is 0 Å². The number of unbranched alkanes of at least 4 members (excludes halogenated alkanes) is 1. The van der Waals surface area contributed by atoms with E-state index in [0.29, 0.717) is 18.7 Å². The molecule has 0 spiro atoms. The van der Waals surface area contributed by atoms with Crippen LogP contribution in [-0.2, 0) is 27.5 Å². The lowest BCUT2D eigenvalue weighted by Crippen LogP contribution is -2.42. The largest absolute Gasteiger partial charge is 0.338 e. The smallest absolute Gasteiger partial charge is 0.233 e. The van der Waals surface area contributed by atoms with Crippen LogP contribution >= 0.6 is 11.8 Å². The normalized spacial score (nSPS) is 21.2. The summed E-state index contributed by atoms with van der Waals surface area (Å²) in [5, 5.41) is 0. The molecule has 1 aliphatic carbocycles. The Labute approximate surface area is 155 Å². The van der Waals surface area contributed by atoms with Crippen LogP contribution in [0.2, 0.25) is 0 Å². The molecule has 4 nitrogen and oxygen atoms in total. The van der Waals surface area contributed by atoms with Gasteiger partial charge in [-0.15, -0.1) is 11.8 Å². The molecule has 25 heavy (non-hydrogen) atoms. The predicted molar refractivity (Wildman–Crippen MR) is 103 cm³/mol. The first-order chi connectivity index (χ1) is 12.0. The summed E-state index contributed by atoms with van der Waals surface area (Å²) in [6.07, 6.45) is 6.04. The molecule has 1 heterocycles. The minimum Gasteiger partial charge on any atom is -0.338 e. The quantitative estimate of drug-likeness (QED) is 0.681. The fraction of sp³-hybridized carbons (Fsp3) is 0.632. The Morgan fingerprint density at radius 3 is 2.80 bits per heavy atom. The number of hydrogen-bond donors (Lipinski definition) is 0. The maximum Gasteiger partial charge on any atom is 0.233 e. The van der Waals surface area contributed by atoms with Crippen LogP contribution in [0, 0.1) is 0 Å². The number of amides is 1. The highest BCUT2D eigenvalue weighted by Crippen LogP contribution is 2.28. The fourth-order valence-electron chi connectivity index (χ4n) is 3.73. The summed E-state index contributed by atoms with van der Waals surface area (Å²) in [6.45, 7) is 2.76. The number of rotatable bonds is 7. The van der Waals surface area contributed by atoms with Gasteiger partial charge in [-0.05, 0) is 55.4 Å². The van der Waals surface area contributed by atoms with E-state index in [1.165, 1.54) is 24.0 Å². The van der Waals surface area contributed by atoms with Gasteiger partial charge in [0.25, 0.3) is 0 Å². The van der Waals surface area contributed by atoms with Crippen LogP contribution in [0.1, 0.15) is 43.7 Å². The van der Waals surface area contributed by atoms with Gasteiger partial charge in [-0.2, -0.15) is 0 Å². The minimum absolute atomic E-state index is 0.0704. The molecule has 1 unspecified atom stereocenters. The molecule has 0 bridgehead atoms. The molecule has 0 saturated carbocycles. The van der Waals surface area contributed by atoms with E-state index in [2.05, 4.69) is 25.1 Å². The Balaban J connectivity index is 1.62. The number of sulfone groups is 1. The Kier molecular flexibility index (Phi) is 6.10. The first kappa shape index (κ1) is 18.8. The van der Waals surface area contributed by atoms with Crippen molar-refractivity contribution in [3.63, 3.8) is 0 Å². The third-order valence-electron chi connectivity index (χ3n) is 5.15. The molecule has 0 radical (unpaired) electrons. The highest BCUT2D eigenvalue weighted by molar-refractivity contribution is 8.00. The predicted octanol–water partition coefficient (Wildman–Crippen LogP) is 3.08. The van der Waals surface area contributed by atoms with Crippen LogP contribution in [0.3, 0.4) is 0 Å². The van der Waals surface area contributed by atoms with Gasteiger partial charge in [-0.3, -0.25) is 4.79 Å². The van der Waals surface area contributed by atoms with Gasteiger partial charge in [0, 0.05) is 17.5 Å². The second kappa shape index (κ2) is 8.12. The molecule has 6 heteroatoms. The molecule has 138 valence electrons. The maximum absolute atomic E-state index is 12.8. The second-order valence-electron chi connectivity index (χ2n) is 7.07. The zero-order valence-electron chi connectivity index (χ0n) is 14.9. The summed E-state index contributed by atoms with van der Waals surface area (Å²) in [5.41, 5.74) is 2.86. The lowest BCUT2D eigenvalue weighted by Gasteiger charge is -2.28. The number of carbonyl (C=O) groups is 1. The number of aryl methyl sites for hydroxylation is 2. The number of nitrogens with zero attached hydrogens (tertiary/aromatic N) is 1. The van der Waals surface area contributed by atoms with Crippen molar-refractivity contribution >= 4 is 27.5 Å². The zero-order chi connectivity index (χ0) is 17.9. The third-order valence-corrected chi connectivity index (χ3v) is 7.88. The van der Waals surface area contributed by atoms with Crippen LogP contribution in [0.25, 0.3) is 0 Å². The van der Waals surface area contributed by atoms with Gasteiger partial charge in [0.15, 0.2) is 9.84 Å². The number of carbonyl (C=O) groups excluding carboxylic acids is 1. The van der Waals surface area contributed by atoms with Crippen molar-refractivity contribution in [3.05, 3.63) is 29.3 Å². The van der Waals surface area contributed by atoms with E-state index in [-0.39, 0.29) is 23.5 Å². The Morgan fingerprint density at radius 2 is 2.08 bits per heavy atom. The molecular formula is C19H27NO3S2. The number of thioether (sulfide) groups is 1. The molecule has 3 rings (SSSR count). The molecule has 1 atom stereocenters. The van der Waals surface area contributed by atoms with Crippen LogP contribution in [-0.4, -0.2) is 49.1 Å². The first-order valence-electron chi connectivity index (χ1n) is 9.23. The molecule has 1 aromatic rings. The monoisotopic (exact) mass is 381 g/mol. The van der Waals surface area contributed by atoms with Crippen molar-refractivity contribution in [3.8, 4) is 0 Å². The third kappa shape index (κ3) is 4.79. The van der Waals surface area contributed by atoms with Gasteiger partial charge in [-0.25, -0.2) is 8.42 Å². The summed E-state index contributed by atoms with van der Waals surface area (Å²) in [4.78, 5) is 15.7. The van der Waals surface area contributed by atoms with E-state index in [1.54, 1.807) is 11.8 Å². The van der Waals surface area contributed by atoms with E-state index in [1.807, 2.05) is 4.90 Å². The minimum atomic E-state index is -2.97. The number of fused-ring (bicyclic) bond motifs is 1. The van der Waals surface area contributed by atoms with Crippen molar-refractivity contribution in [1.29, 1.82) is 0 Å². The maximum atomic E-state index is 12.8. The topological polar surface area (TPSA) is 54.5 Å². The second-order valence-corrected chi connectivity index (χ2v) is 10.3. The van der Waals surface area contributed by atoms with Gasteiger partial charge in [-0.1, -0.05) is 19.4 Å². The van der Waals surface area contributed by atoms with Crippen molar-refractivity contribution in [2.45, 2.75) is 56.4 Å². The van der Waals surface area contributed by atoms with E-state index in [4.69, 9.17) is 0 Å². The Hall–Kier alpha value is -1.01. The molecule has 0 aromatic heterocycles. The lowest BCUT2D eigenvalue weighted by atomic mass is 10.1. The molecule has 1 fully saturated rings. The number of benzene rings is 1. The summed E-state index contributed by atoms with van der Waals surface area (Å²) in [6, 6.07) is 6.38. The van der Waals surface area contributed by atoms with E-state index < -0.39 is 9.84 Å². The molecular weight excluding hydrogens is 354 g/mol. The van der Waals surface area contributed by atoms with Crippen molar-refractivity contribution < 1.29 is 13.2 Å². The Morgan fingerprint density at radius 1 is 1.28 bits per heavy atom. The highest BCUT2D eigenvalue weighted by atomic mass is 32.2. The van der Waals surface area contributed by atoms with Crippen molar-refractivity contribution in [1.82, 2.24) is 4.90 Å². The van der Waals surface area contributed by atoms with E-state index >= 15 is 0 Å². The Bertz CT molecular complexity index is 730. The molecule has 0 N–H and O–H groups in total. The first-order valence-corrected chi connectivity index (χ1v) is 12.0. The summed E-state index contributed by atoms with van der Waals surface area (Å²) < 4.78 is 23.6. The zero-order valence-corrected chi connectivity index (χ0v) is 16.5. The summed E-state index contributed by atoms with van der Waals surface area (Å²) in [5.74, 6) is 0.803. The molecule has 1 aromatic carbocycles. The van der Waals surface area contributed by atoms with Gasteiger partial charge in [0.05, 0.1) is 17.3 Å². The average Bonchev–Trinajstić information content (AvgIpc) is 3.18. The fourth-order valence-corrected chi connectivity index (χ4v) is 6.30. The highest BCUT2D eigenvalue weighted by Gasteiger charge is 2.34. The lowest BCUT2D eigenvalue weighted by molar-refractivity contribution is -0.130. The average molecular weight is 382 g/mol. The molecule has 2 aliphatic rings. The van der Waals surface area contributed by atoms with Gasteiger partial charge in [0.2, 0.25) is 5.91 Å². The van der Waals surface area contributed by atoms with E-state index in [0.717, 1.165) is 24.2 Å². The van der Waals surface area contributed by atoms with Crippen LogP contribution < -0.4 is 0 Å². The SMILES string of the molecule is CCCCN(C(=O)CSc1ccc2c(c1)CCC2)C1CCS(=O)(=O)C1. The molecule has 1 saturated heterocycles. The van der Waals surface area contributed by atoms with Crippen LogP contribution in [0.15, 0.2) is 23.1 Å². The van der Waals surface area contributed by atoms with Crippen LogP contribution in [0.4, 0.5) is 0 Å². The van der Waals surface area contributed by atoms with E-state index in [9.17, 15) is 13.2 Å². The van der Waals surface area contributed by atoms with Crippen LogP contribution in [0.5, 0.6) is 0 Å². The number of hydrogen-bond acceptors (Lipinski definition) is 4. The summed E-state index contributed by atoms with van der Waals surface area (Å²) in [7, 11) is -2.97. The van der Waals surface area contributed by atoms with Gasteiger partial charge in [0.1, 0.15) is 0 Å². The molecule has 1 amide bonds. The molecule has 1 aliphatic heterocycles.